The molecule has 194 valence electrons. The Morgan fingerprint density at radius 2 is 2.16 bits per heavy atom. The number of ether oxygens (including phenoxy) is 2. The summed E-state index contributed by atoms with van der Waals surface area (Å²) in [7, 11) is 1.55. The largest absolute Gasteiger partial charge is 0.493 e. The topological polar surface area (TPSA) is 92.3 Å². The molecule has 1 saturated heterocycles. The minimum absolute atomic E-state index is 0.0301. The zero-order chi connectivity index (χ0) is 26.1. The Bertz CT molecular complexity index is 1390. The normalized spacial score (nSPS) is 23.0. The first-order valence-electron chi connectivity index (χ1n) is 13.0. The van der Waals surface area contributed by atoms with E-state index in [1.54, 1.807) is 31.5 Å². The number of fused-ring (bicyclic) bond motifs is 4. The molecule has 1 aliphatic carbocycles. The van der Waals surface area contributed by atoms with E-state index in [0.717, 1.165) is 31.5 Å². The molecule has 38 heavy (non-hydrogen) atoms. The van der Waals surface area contributed by atoms with Gasteiger partial charge >= 0.3 is 0 Å². The summed E-state index contributed by atoms with van der Waals surface area (Å²) in [6, 6.07) is 11.6. The molecular weight excluding hydrogens is 480 g/mol. The molecule has 3 aliphatic heterocycles. The third-order valence-electron chi connectivity index (χ3n) is 7.57. The van der Waals surface area contributed by atoms with Gasteiger partial charge in [0.15, 0.2) is 11.5 Å². The van der Waals surface area contributed by atoms with E-state index >= 15 is 0 Å². The van der Waals surface area contributed by atoms with Crippen molar-refractivity contribution in [3.8, 4) is 11.5 Å². The Morgan fingerprint density at radius 3 is 3.05 bits per heavy atom. The number of aliphatic imine (C=N–C) groups is 1. The van der Waals surface area contributed by atoms with Gasteiger partial charge in [-0.1, -0.05) is 36.4 Å². The van der Waals surface area contributed by atoms with Crippen LogP contribution in [0.3, 0.4) is 0 Å². The van der Waals surface area contributed by atoms with Crippen molar-refractivity contribution in [2.75, 3.05) is 25.6 Å². The average molecular weight is 511 g/mol. The van der Waals surface area contributed by atoms with Gasteiger partial charge in [-0.2, -0.15) is 0 Å². The molecule has 2 unspecified atom stereocenters. The van der Waals surface area contributed by atoms with Crippen LogP contribution < -0.4 is 20.1 Å². The van der Waals surface area contributed by atoms with Gasteiger partial charge in [0.05, 0.1) is 30.4 Å². The van der Waals surface area contributed by atoms with Crippen molar-refractivity contribution in [3.05, 3.63) is 83.6 Å². The number of benzene rings is 2. The lowest BCUT2D eigenvalue weighted by Gasteiger charge is -2.35. The van der Waals surface area contributed by atoms with E-state index in [2.05, 4.69) is 33.8 Å². The zero-order valence-corrected chi connectivity index (χ0v) is 21.2. The third-order valence-corrected chi connectivity index (χ3v) is 7.57. The number of rotatable bonds is 6. The smallest absolute Gasteiger partial charge is 0.256 e. The van der Waals surface area contributed by atoms with Crippen LogP contribution in [0, 0.1) is 5.92 Å². The van der Waals surface area contributed by atoms with Crippen LogP contribution >= 0.6 is 0 Å². The average Bonchev–Trinajstić information content (AvgIpc) is 3.38. The first-order chi connectivity index (χ1) is 18.6. The minimum atomic E-state index is -0.150. The minimum Gasteiger partial charge on any atom is -0.493 e. The second-order valence-electron chi connectivity index (χ2n) is 9.85. The first kappa shape index (κ1) is 24.0. The van der Waals surface area contributed by atoms with Crippen molar-refractivity contribution in [3.63, 3.8) is 0 Å². The molecule has 2 aromatic carbocycles. The zero-order valence-electron chi connectivity index (χ0n) is 21.2. The Morgan fingerprint density at radius 1 is 1.26 bits per heavy atom. The number of methoxy groups -OCH3 is 1. The second kappa shape index (κ2) is 10.2. The molecule has 2 N–H and O–H groups in total. The Labute approximate surface area is 221 Å². The lowest BCUT2D eigenvalue weighted by molar-refractivity contribution is -0.116. The van der Waals surface area contributed by atoms with Crippen LogP contribution in [0.5, 0.6) is 11.5 Å². The van der Waals surface area contributed by atoms with E-state index in [4.69, 9.17) is 9.47 Å². The van der Waals surface area contributed by atoms with Gasteiger partial charge in [-0.15, -0.1) is 0 Å². The molecule has 3 heterocycles. The molecule has 0 aromatic heterocycles. The van der Waals surface area contributed by atoms with E-state index in [9.17, 15) is 9.59 Å². The fraction of sp³-hybridized carbons (Fsp3) is 0.300. The number of carbonyl (C=O) groups is 2. The number of hydrogen-bond donors (Lipinski definition) is 2. The van der Waals surface area contributed by atoms with Gasteiger partial charge in [0.2, 0.25) is 0 Å². The number of carbonyl (C=O) groups excluding carboxylic acids is 2. The lowest BCUT2D eigenvalue weighted by atomic mass is 9.80. The predicted octanol–water partition coefficient (Wildman–Crippen LogP) is 4.17. The monoisotopic (exact) mass is 510 g/mol. The highest BCUT2D eigenvalue weighted by Gasteiger charge is 2.34. The highest BCUT2D eigenvalue weighted by atomic mass is 16.5. The summed E-state index contributed by atoms with van der Waals surface area (Å²) < 4.78 is 11.4. The van der Waals surface area contributed by atoms with Crippen LogP contribution in [-0.2, 0) is 11.2 Å². The molecule has 3 atom stereocenters. The fourth-order valence-corrected chi connectivity index (χ4v) is 5.62. The van der Waals surface area contributed by atoms with Crippen molar-refractivity contribution in [2.45, 2.75) is 31.3 Å². The maximum absolute atomic E-state index is 13.0. The molecule has 8 heteroatoms. The van der Waals surface area contributed by atoms with Crippen LogP contribution in [0.15, 0.2) is 77.5 Å². The maximum atomic E-state index is 13.0. The van der Waals surface area contributed by atoms with Crippen molar-refractivity contribution in [1.29, 1.82) is 0 Å². The Hall–Kier alpha value is -4.33. The number of hydrogen-bond acceptors (Lipinski definition) is 6. The molecule has 0 saturated carbocycles. The van der Waals surface area contributed by atoms with Crippen molar-refractivity contribution < 1.29 is 19.1 Å². The number of anilines is 1. The van der Waals surface area contributed by atoms with E-state index < -0.39 is 0 Å². The molecule has 0 radical (unpaired) electrons. The van der Waals surface area contributed by atoms with E-state index in [0.29, 0.717) is 28.3 Å². The molecule has 0 spiro atoms. The predicted molar refractivity (Wildman–Crippen MR) is 146 cm³/mol. The van der Waals surface area contributed by atoms with Crippen LogP contribution in [0.4, 0.5) is 11.4 Å². The number of amides is 2. The standard InChI is InChI=1S/C30H30N4O4/c1-37-26-16-23-25(32-18-21-9-5-13-34(21)30(23)36)17-27(26)38-14-6-12-31-29(35)22-10-4-8-20-15-19-7-2-3-11-24(19)33-28(20)22/h2-4,6-8,10-12,16-18,20-21,28,33H,5,9,13-15H2,1H3,(H,31,35)/b12-6-/t20?,21-,28?/m0/s1. The summed E-state index contributed by atoms with van der Waals surface area (Å²) in [5, 5.41) is 6.39. The number of nitrogens with zero attached hydrogens (tertiary/aromatic N) is 2. The van der Waals surface area contributed by atoms with Gasteiger partial charge in [-0.3, -0.25) is 14.6 Å². The van der Waals surface area contributed by atoms with Crippen LogP contribution in [0.2, 0.25) is 0 Å². The van der Waals surface area contributed by atoms with E-state index in [1.807, 2.05) is 35.4 Å². The van der Waals surface area contributed by atoms with Crippen LogP contribution in [-0.4, -0.2) is 55.3 Å². The molecule has 1 fully saturated rings. The summed E-state index contributed by atoms with van der Waals surface area (Å²) in [6.07, 6.45) is 14.0. The van der Waals surface area contributed by atoms with Crippen molar-refractivity contribution in [1.82, 2.24) is 10.2 Å². The van der Waals surface area contributed by atoms with Crippen LogP contribution in [0.25, 0.3) is 0 Å². The summed E-state index contributed by atoms with van der Waals surface area (Å²) in [5.74, 6) is 1.01. The van der Waals surface area contributed by atoms with E-state index in [-0.39, 0.29) is 36.4 Å². The fourth-order valence-electron chi connectivity index (χ4n) is 5.62. The number of nitrogens with one attached hydrogen (secondary N) is 2. The third kappa shape index (κ3) is 4.47. The summed E-state index contributed by atoms with van der Waals surface area (Å²) in [4.78, 5) is 32.4. The lowest BCUT2D eigenvalue weighted by Crippen LogP contribution is -2.41. The highest BCUT2D eigenvalue weighted by molar-refractivity contribution is 6.03. The first-order valence-corrected chi connectivity index (χ1v) is 13.0. The van der Waals surface area contributed by atoms with Crippen LogP contribution in [0.1, 0.15) is 28.8 Å². The van der Waals surface area contributed by atoms with Gasteiger partial charge in [0.25, 0.3) is 11.8 Å². The number of allylic oxidation sites excluding steroid dienone is 2. The second-order valence-corrected chi connectivity index (χ2v) is 9.85. The van der Waals surface area contributed by atoms with Gasteiger partial charge < -0.3 is 25.0 Å². The maximum Gasteiger partial charge on any atom is 0.256 e. The van der Waals surface area contributed by atoms with E-state index in [1.165, 1.54) is 5.56 Å². The quantitative estimate of drug-likeness (QED) is 0.609. The molecule has 2 amide bonds. The van der Waals surface area contributed by atoms with Gasteiger partial charge in [0.1, 0.15) is 6.61 Å². The molecular formula is C30H30N4O4. The SMILES string of the molecule is COc1cc2c(cc1OC/C=C\NC(=O)C1=CC=CC3Cc4ccccc4NC13)N=C[C@@H]1CCCN1C2=O. The highest BCUT2D eigenvalue weighted by Crippen LogP contribution is 2.38. The van der Waals surface area contributed by atoms with Crippen molar-refractivity contribution >= 4 is 29.4 Å². The molecule has 4 aliphatic rings. The summed E-state index contributed by atoms with van der Waals surface area (Å²) in [6.45, 7) is 0.947. The van der Waals surface area contributed by atoms with Crippen molar-refractivity contribution in [2.24, 2.45) is 10.9 Å². The van der Waals surface area contributed by atoms with Gasteiger partial charge in [-0.25, -0.2) is 0 Å². The molecule has 0 bridgehead atoms. The Balaban J connectivity index is 1.09. The van der Waals surface area contributed by atoms with Gasteiger partial charge in [0, 0.05) is 42.2 Å². The number of para-hydroxylation sites is 1. The summed E-state index contributed by atoms with van der Waals surface area (Å²) in [5.41, 5.74) is 4.14. The van der Waals surface area contributed by atoms with Gasteiger partial charge in [-0.05, 0) is 43.0 Å². The molecule has 2 aromatic rings. The molecule has 6 rings (SSSR count). The Kier molecular flexibility index (Phi) is 6.45. The molecule has 8 nitrogen and oxygen atoms in total. The summed E-state index contributed by atoms with van der Waals surface area (Å²) >= 11 is 0.